The number of carboxylic acids is 1. The third-order valence-corrected chi connectivity index (χ3v) is 6.41. The van der Waals surface area contributed by atoms with E-state index in [1.165, 1.54) is 0 Å². The molecular weight excluding hydrogens is 551 g/mol. The molecule has 172 valence electrons. The standard InChI is InChI=1S/C25H19IN2O6/c26-16-7-8-18-17(13-16)24(30)28(22(25(31)32)14-4-2-1-3-5-14)21(23(29)27-18)15-6-9-19-20(12-15)34-11-10-33-19/h1-9,12-13,21-22H,10-11H2,(H,27,29)(H,31,32). The number of carbonyl (C=O) groups is 3. The number of rotatable bonds is 4. The van der Waals surface area contributed by atoms with Crippen molar-refractivity contribution in [2.75, 3.05) is 18.5 Å². The first-order valence-corrected chi connectivity index (χ1v) is 11.6. The maximum atomic E-state index is 13.9. The molecule has 2 unspecified atom stereocenters. The topological polar surface area (TPSA) is 105 Å². The Balaban J connectivity index is 1.71. The molecule has 3 aromatic rings. The number of nitrogens with zero attached hydrogens (tertiary/aromatic N) is 1. The molecule has 2 atom stereocenters. The van der Waals surface area contributed by atoms with Crippen LogP contribution in [0.2, 0.25) is 0 Å². The Morgan fingerprint density at radius 3 is 2.47 bits per heavy atom. The number of anilines is 1. The third-order valence-electron chi connectivity index (χ3n) is 5.74. The van der Waals surface area contributed by atoms with Gasteiger partial charge in [0.1, 0.15) is 19.3 Å². The number of amides is 2. The highest BCUT2D eigenvalue weighted by molar-refractivity contribution is 14.1. The van der Waals surface area contributed by atoms with Crippen molar-refractivity contribution in [3.05, 3.63) is 87.0 Å². The molecule has 0 saturated heterocycles. The van der Waals surface area contributed by atoms with Crippen molar-refractivity contribution in [3.63, 3.8) is 0 Å². The van der Waals surface area contributed by atoms with E-state index in [1.54, 1.807) is 66.7 Å². The minimum atomic E-state index is -1.40. The Bertz CT molecular complexity index is 1300. The van der Waals surface area contributed by atoms with Crippen LogP contribution < -0.4 is 14.8 Å². The van der Waals surface area contributed by atoms with Gasteiger partial charge in [-0.05, 0) is 64.0 Å². The number of ether oxygens (including phenoxy) is 2. The van der Waals surface area contributed by atoms with E-state index < -0.39 is 29.9 Å². The SMILES string of the molecule is O=C(O)C(c1ccccc1)N1C(=O)c2cc(I)ccc2NC(=O)C1c1ccc2c(c1)OCCO2. The summed E-state index contributed by atoms with van der Waals surface area (Å²) in [7, 11) is 0. The van der Waals surface area contributed by atoms with Gasteiger partial charge in [-0.15, -0.1) is 0 Å². The number of hydrogen-bond donors (Lipinski definition) is 2. The van der Waals surface area contributed by atoms with Gasteiger partial charge in [0.15, 0.2) is 17.5 Å². The summed E-state index contributed by atoms with van der Waals surface area (Å²) < 4.78 is 12.0. The predicted octanol–water partition coefficient (Wildman–Crippen LogP) is 4.02. The number of benzene rings is 3. The number of halogens is 1. The molecule has 9 heteroatoms. The molecule has 0 aliphatic carbocycles. The van der Waals surface area contributed by atoms with Crippen LogP contribution in [-0.2, 0) is 9.59 Å². The fourth-order valence-electron chi connectivity index (χ4n) is 4.25. The third kappa shape index (κ3) is 3.96. The van der Waals surface area contributed by atoms with Crippen LogP contribution in [0, 0.1) is 3.57 Å². The highest BCUT2D eigenvalue weighted by Crippen LogP contribution is 2.40. The Hall–Kier alpha value is -3.60. The van der Waals surface area contributed by atoms with E-state index in [0.29, 0.717) is 41.5 Å². The predicted molar refractivity (Wildman–Crippen MR) is 131 cm³/mol. The molecule has 0 aromatic heterocycles. The van der Waals surface area contributed by atoms with Crippen molar-refractivity contribution in [3.8, 4) is 11.5 Å². The minimum absolute atomic E-state index is 0.225. The molecule has 8 nitrogen and oxygen atoms in total. The van der Waals surface area contributed by atoms with Crippen LogP contribution in [-0.4, -0.2) is 41.0 Å². The zero-order valence-electron chi connectivity index (χ0n) is 17.7. The molecule has 3 aromatic carbocycles. The van der Waals surface area contributed by atoms with Gasteiger partial charge in [-0.25, -0.2) is 4.79 Å². The van der Waals surface area contributed by atoms with Crippen LogP contribution in [0.1, 0.15) is 33.6 Å². The highest BCUT2D eigenvalue weighted by atomic mass is 127. The molecule has 34 heavy (non-hydrogen) atoms. The first kappa shape index (κ1) is 22.2. The first-order chi connectivity index (χ1) is 16.4. The van der Waals surface area contributed by atoms with Crippen LogP contribution in [0.15, 0.2) is 66.7 Å². The van der Waals surface area contributed by atoms with Gasteiger partial charge in [0, 0.05) is 3.57 Å². The molecule has 0 saturated carbocycles. The van der Waals surface area contributed by atoms with Gasteiger partial charge in [0.2, 0.25) is 0 Å². The lowest BCUT2D eigenvalue weighted by atomic mass is 9.97. The molecule has 2 N–H and O–H groups in total. The normalized spacial score (nSPS) is 17.9. The average molecular weight is 570 g/mol. The molecule has 0 bridgehead atoms. The van der Waals surface area contributed by atoms with Crippen LogP contribution in [0.5, 0.6) is 11.5 Å². The van der Waals surface area contributed by atoms with E-state index in [1.807, 2.05) is 0 Å². The summed E-state index contributed by atoms with van der Waals surface area (Å²) in [6.07, 6.45) is 0. The second kappa shape index (κ2) is 8.98. The second-order valence-electron chi connectivity index (χ2n) is 7.85. The second-order valence-corrected chi connectivity index (χ2v) is 9.09. The number of fused-ring (bicyclic) bond motifs is 2. The van der Waals surface area contributed by atoms with Gasteiger partial charge in [-0.3, -0.25) is 9.59 Å². The minimum Gasteiger partial charge on any atom is -0.486 e. The van der Waals surface area contributed by atoms with Gasteiger partial charge in [-0.2, -0.15) is 0 Å². The summed E-state index contributed by atoms with van der Waals surface area (Å²) in [5.41, 5.74) is 1.35. The molecule has 0 spiro atoms. The zero-order valence-corrected chi connectivity index (χ0v) is 19.9. The molecule has 0 fully saturated rings. The van der Waals surface area contributed by atoms with Gasteiger partial charge in [-0.1, -0.05) is 36.4 Å². The summed E-state index contributed by atoms with van der Waals surface area (Å²) in [6.45, 7) is 0.755. The molecule has 0 radical (unpaired) electrons. The van der Waals surface area contributed by atoms with Crippen molar-refractivity contribution >= 4 is 46.1 Å². The monoisotopic (exact) mass is 570 g/mol. The van der Waals surface area contributed by atoms with Crippen LogP contribution in [0.25, 0.3) is 0 Å². The van der Waals surface area contributed by atoms with Crippen LogP contribution in [0.3, 0.4) is 0 Å². The summed E-state index contributed by atoms with van der Waals surface area (Å²) in [6, 6.07) is 15.8. The first-order valence-electron chi connectivity index (χ1n) is 10.5. The van der Waals surface area contributed by atoms with Gasteiger partial charge < -0.3 is 24.8 Å². The molecule has 2 aliphatic heterocycles. The lowest BCUT2D eigenvalue weighted by molar-refractivity contribution is -0.144. The smallest absolute Gasteiger partial charge is 0.331 e. The van der Waals surface area contributed by atoms with E-state index in [2.05, 4.69) is 27.9 Å². The Morgan fingerprint density at radius 1 is 1.00 bits per heavy atom. The average Bonchev–Trinajstić information content (AvgIpc) is 2.94. The van der Waals surface area contributed by atoms with Crippen molar-refractivity contribution in [2.45, 2.75) is 12.1 Å². The van der Waals surface area contributed by atoms with E-state index in [-0.39, 0.29) is 5.56 Å². The molecular formula is C25H19IN2O6. The quantitative estimate of drug-likeness (QED) is 0.460. The lowest BCUT2D eigenvalue weighted by Crippen LogP contribution is -2.44. The lowest BCUT2D eigenvalue weighted by Gasteiger charge is -2.34. The fraction of sp³-hybridized carbons (Fsp3) is 0.160. The number of hydrogen-bond acceptors (Lipinski definition) is 5. The van der Waals surface area contributed by atoms with Crippen LogP contribution >= 0.6 is 22.6 Å². The summed E-state index contributed by atoms with van der Waals surface area (Å²) in [5, 5.41) is 13.1. The van der Waals surface area contributed by atoms with Gasteiger partial charge in [0.05, 0.1) is 11.3 Å². The molecule has 2 heterocycles. The van der Waals surface area contributed by atoms with E-state index in [9.17, 15) is 19.5 Å². The maximum absolute atomic E-state index is 13.9. The number of nitrogens with one attached hydrogen (secondary N) is 1. The fourth-order valence-corrected chi connectivity index (χ4v) is 4.74. The van der Waals surface area contributed by atoms with Crippen molar-refractivity contribution in [1.29, 1.82) is 0 Å². The Morgan fingerprint density at radius 2 is 1.74 bits per heavy atom. The van der Waals surface area contributed by atoms with Gasteiger partial charge in [0.25, 0.3) is 11.8 Å². The largest absolute Gasteiger partial charge is 0.486 e. The number of carbonyl (C=O) groups excluding carboxylic acids is 2. The van der Waals surface area contributed by atoms with Crippen molar-refractivity contribution in [1.82, 2.24) is 4.90 Å². The van der Waals surface area contributed by atoms with E-state index >= 15 is 0 Å². The highest BCUT2D eigenvalue weighted by Gasteiger charge is 2.44. The Kier molecular flexibility index (Phi) is 5.86. The molecule has 2 amide bonds. The number of carboxylic acid groups (broad SMARTS) is 1. The Labute approximate surface area is 208 Å². The van der Waals surface area contributed by atoms with E-state index in [4.69, 9.17) is 9.47 Å². The zero-order chi connectivity index (χ0) is 23.8. The van der Waals surface area contributed by atoms with E-state index in [0.717, 1.165) is 8.47 Å². The summed E-state index contributed by atoms with van der Waals surface area (Å²) in [4.78, 5) is 41.2. The van der Waals surface area contributed by atoms with Crippen molar-refractivity contribution in [2.24, 2.45) is 0 Å². The summed E-state index contributed by atoms with van der Waals surface area (Å²) in [5.74, 6) is -1.37. The maximum Gasteiger partial charge on any atom is 0.331 e. The summed E-state index contributed by atoms with van der Waals surface area (Å²) >= 11 is 2.07. The number of aliphatic carboxylic acids is 1. The van der Waals surface area contributed by atoms with Crippen LogP contribution in [0.4, 0.5) is 5.69 Å². The van der Waals surface area contributed by atoms with Gasteiger partial charge >= 0.3 is 5.97 Å². The van der Waals surface area contributed by atoms with Crippen molar-refractivity contribution < 1.29 is 29.0 Å². The molecule has 5 rings (SSSR count). The molecule has 2 aliphatic rings.